The summed E-state index contributed by atoms with van der Waals surface area (Å²) in [5.41, 5.74) is 1.16. The van der Waals surface area contributed by atoms with Crippen molar-refractivity contribution in [2.24, 2.45) is 0 Å². The molecule has 2 rings (SSSR count). The molecular weight excluding hydrogens is 378 g/mol. The third-order valence-electron chi connectivity index (χ3n) is 5.32. The van der Waals surface area contributed by atoms with Gasteiger partial charge in [0.1, 0.15) is 0 Å². The van der Waals surface area contributed by atoms with Crippen LogP contribution < -0.4 is 10.2 Å². The summed E-state index contributed by atoms with van der Waals surface area (Å²) < 4.78 is 24.0. The van der Waals surface area contributed by atoms with E-state index in [4.69, 9.17) is 12.2 Å². The van der Waals surface area contributed by atoms with Gasteiger partial charge in [-0.25, -0.2) is 8.42 Å². The van der Waals surface area contributed by atoms with Gasteiger partial charge < -0.3 is 15.1 Å². The van der Waals surface area contributed by atoms with Crippen LogP contribution in [-0.4, -0.2) is 61.2 Å². The number of thiocarbonyl (C=S) groups is 1. The number of benzene rings is 1. The Morgan fingerprint density at radius 1 is 1.22 bits per heavy atom. The lowest BCUT2D eigenvalue weighted by atomic mass is 10.2. The number of nitrogens with zero attached hydrogens (tertiary/aromatic N) is 1. The summed E-state index contributed by atoms with van der Waals surface area (Å²) in [5, 5.41) is 4.00. The summed E-state index contributed by atoms with van der Waals surface area (Å²) in [6.45, 7) is 11.3. The van der Waals surface area contributed by atoms with E-state index in [1.807, 2.05) is 18.2 Å². The monoisotopic (exact) mass is 412 g/mol. The summed E-state index contributed by atoms with van der Waals surface area (Å²) >= 11 is 5.68. The molecule has 0 aliphatic carbocycles. The molecular formula is C20H34N3O2S2+. The van der Waals surface area contributed by atoms with E-state index in [0.29, 0.717) is 30.2 Å². The molecule has 1 aromatic carbocycles. The average Bonchev–Trinajstić information content (AvgIpc) is 2.96. The first-order valence-corrected chi connectivity index (χ1v) is 12.1. The maximum absolute atomic E-state index is 12.0. The van der Waals surface area contributed by atoms with Gasteiger partial charge in [0.25, 0.3) is 0 Å². The van der Waals surface area contributed by atoms with Crippen molar-refractivity contribution < 1.29 is 13.3 Å². The Hall–Kier alpha value is -1.18. The molecule has 7 heteroatoms. The van der Waals surface area contributed by atoms with Crippen LogP contribution in [0.2, 0.25) is 0 Å². The van der Waals surface area contributed by atoms with E-state index in [1.165, 1.54) is 4.90 Å². The van der Waals surface area contributed by atoms with E-state index in [9.17, 15) is 8.42 Å². The number of hydrogen-bond acceptors (Lipinski definition) is 3. The fraction of sp³-hybridized carbons (Fsp3) is 0.650. The topological polar surface area (TPSA) is 53.9 Å². The average molecular weight is 413 g/mol. The predicted molar refractivity (Wildman–Crippen MR) is 116 cm³/mol. The fourth-order valence-corrected chi connectivity index (χ4v) is 5.88. The second kappa shape index (κ2) is 9.85. The molecule has 27 heavy (non-hydrogen) atoms. The van der Waals surface area contributed by atoms with Gasteiger partial charge >= 0.3 is 0 Å². The zero-order valence-electron chi connectivity index (χ0n) is 16.9. The van der Waals surface area contributed by atoms with Gasteiger partial charge in [-0.3, -0.25) is 0 Å². The van der Waals surface area contributed by atoms with Crippen LogP contribution in [0.3, 0.4) is 0 Å². The summed E-state index contributed by atoms with van der Waals surface area (Å²) in [5.74, 6) is 0.471. The Bertz CT molecular complexity index is 697. The standard InChI is InChI=1S/C20H33N3O2S2/c1-16(2)22(17(3)4)11-12-23(19-10-13-27(24,25)15-19)20(26)21-14-18-8-6-5-7-9-18/h5-9,16-17,19H,10-15H2,1-4H3,(H,21,26)/p+1/t19-/m1/s1. The van der Waals surface area contributed by atoms with Gasteiger partial charge in [-0.05, 0) is 51.9 Å². The van der Waals surface area contributed by atoms with Crippen LogP contribution in [-0.2, 0) is 16.4 Å². The normalized spacial score (nSPS) is 19.0. The molecule has 0 aromatic heterocycles. The number of nitrogens with one attached hydrogen (secondary N) is 2. The van der Waals surface area contributed by atoms with Gasteiger partial charge in [-0.2, -0.15) is 0 Å². The molecule has 1 saturated heterocycles. The quantitative estimate of drug-likeness (QED) is 0.630. The molecule has 0 unspecified atom stereocenters. The number of sulfone groups is 1. The number of rotatable bonds is 8. The zero-order valence-corrected chi connectivity index (χ0v) is 18.6. The fourth-order valence-electron chi connectivity index (χ4n) is 3.84. The van der Waals surface area contributed by atoms with Crippen LogP contribution in [0.1, 0.15) is 39.7 Å². The van der Waals surface area contributed by atoms with Crippen LogP contribution in [0.15, 0.2) is 30.3 Å². The Kier molecular flexibility index (Phi) is 8.06. The Morgan fingerprint density at radius 3 is 2.37 bits per heavy atom. The molecule has 152 valence electrons. The van der Waals surface area contributed by atoms with E-state index >= 15 is 0 Å². The summed E-state index contributed by atoms with van der Waals surface area (Å²) in [4.78, 5) is 3.62. The van der Waals surface area contributed by atoms with Gasteiger partial charge in [0.2, 0.25) is 0 Å². The summed E-state index contributed by atoms with van der Waals surface area (Å²) in [7, 11) is -2.95. The van der Waals surface area contributed by atoms with Crippen LogP contribution in [0, 0.1) is 0 Å². The highest BCUT2D eigenvalue weighted by molar-refractivity contribution is 7.91. The first-order valence-electron chi connectivity index (χ1n) is 9.84. The molecule has 1 heterocycles. The number of quaternary nitrogens is 1. The molecule has 0 spiro atoms. The van der Waals surface area contributed by atoms with Crippen LogP contribution in [0.25, 0.3) is 0 Å². The van der Waals surface area contributed by atoms with Crippen molar-refractivity contribution in [3.63, 3.8) is 0 Å². The lowest BCUT2D eigenvalue weighted by Crippen LogP contribution is -3.18. The summed E-state index contributed by atoms with van der Waals surface area (Å²) in [6, 6.07) is 11.1. The molecule has 0 bridgehead atoms. The van der Waals surface area contributed by atoms with Crippen LogP contribution in [0.4, 0.5) is 0 Å². The van der Waals surface area contributed by atoms with E-state index in [2.05, 4.69) is 50.0 Å². The lowest BCUT2D eigenvalue weighted by molar-refractivity contribution is -0.941. The highest BCUT2D eigenvalue weighted by Crippen LogP contribution is 2.18. The molecule has 0 amide bonds. The molecule has 5 nitrogen and oxygen atoms in total. The molecule has 0 saturated carbocycles. The molecule has 1 atom stereocenters. The maximum atomic E-state index is 12.0. The van der Waals surface area contributed by atoms with Crippen molar-refractivity contribution in [2.75, 3.05) is 24.6 Å². The first kappa shape index (κ1) is 22.1. The number of hydrogen-bond donors (Lipinski definition) is 2. The van der Waals surface area contributed by atoms with Crippen molar-refractivity contribution in [3.05, 3.63) is 35.9 Å². The molecule has 1 aliphatic rings. The first-order chi connectivity index (χ1) is 12.7. The van der Waals surface area contributed by atoms with Gasteiger partial charge in [-0.15, -0.1) is 0 Å². The Morgan fingerprint density at radius 2 is 1.85 bits per heavy atom. The van der Waals surface area contributed by atoms with Gasteiger partial charge in [0, 0.05) is 12.6 Å². The minimum Gasteiger partial charge on any atom is -0.358 e. The Balaban J connectivity index is 2.05. The molecule has 1 aromatic rings. The molecule has 1 aliphatic heterocycles. The molecule has 1 fully saturated rings. The minimum absolute atomic E-state index is 0.0219. The molecule has 2 N–H and O–H groups in total. The third-order valence-corrected chi connectivity index (χ3v) is 7.45. The van der Waals surface area contributed by atoms with Crippen molar-refractivity contribution >= 4 is 27.2 Å². The highest BCUT2D eigenvalue weighted by Gasteiger charge is 2.34. The van der Waals surface area contributed by atoms with E-state index in [1.54, 1.807) is 0 Å². The van der Waals surface area contributed by atoms with Crippen molar-refractivity contribution in [2.45, 2.75) is 58.8 Å². The minimum atomic E-state index is -2.95. The maximum Gasteiger partial charge on any atom is 0.169 e. The second-order valence-corrected chi connectivity index (χ2v) is 10.6. The third kappa shape index (κ3) is 6.73. The van der Waals surface area contributed by atoms with Crippen LogP contribution in [0.5, 0.6) is 0 Å². The van der Waals surface area contributed by atoms with Gasteiger partial charge in [-0.1, -0.05) is 30.3 Å². The van der Waals surface area contributed by atoms with Crippen molar-refractivity contribution in [1.29, 1.82) is 0 Å². The SMILES string of the molecule is CC(C)[NH+](CCN(C(=S)NCc1ccccc1)[C@@H]1CCS(=O)(=O)C1)C(C)C. The van der Waals surface area contributed by atoms with E-state index < -0.39 is 9.84 Å². The smallest absolute Gasteiger partial charge is 0.169 e. The lowest BCUT2D eigenvalue weighted by Gasteiger charge is -2.34. The van der Waals surface area contributed by atoms with Gasteiger partial charge in [0.15, 0.2) is 14.9 Å². The largest absolute Gasteiger partial charge is 0.358 e. The second-order valence-electron chi connectivity index (χ2n) is 8.03. The van der Waals surface area contributed by atoms with Crippen LogP contribution >= 0.6 is 12.2 Å². The van der Waals surface area contributed by atoms with E-state index in [-0.39, 0.29) is 17.5 Å². The summed E-state index contributed by atoms with van der Waals surface area (Å²) in [6.07, 6.45) is 0.661. The zero-order chi connectivity index (χ0) is 20.0. The van der Waals surface area contributed by atoms with Crippen molar-refractivity contribution in [1.82, 2.24) is 10.2 Å². The van der Waals surface area contributed by atoms with E-state index in [0.717, 1.165) is 18.7 Å². The Labute approximate surface area is 170 Å². The predicted octanol–water partition coefficient (Wildman–Crippen LogP) is 1.25. The van der Waals surface area contributed by atoms with Gasteiger partial charge in [0.05, 0.1) is 36.7 Å². The highest BCUT2D eigenvalue weighted by atomic mass is 32.2. The molecule has 0 radical (unpaired) electrons. The van der Waals surface area contributed by atoms with Crippen molar-refractivity contribution in [3.8, 4) is 0 Å².